The number of benzene rings is 3. The number of amides is 2. The number of rotatable bonds is 10. The fourth-order valence-corrected chi connectivity index (χ4v) is 4.42. The second kappa shape index (κ2) is 11.6. The number of unbranched alkanes of at least 4 members (excludes halogenated alkanes) is 1. The van der Waals surface area contributed by atoms with Crippen molar-refractivity contribution in [3.8, 4) is 5.75 Å². The molecule has 1 atom stereocenters. The molecule has 0 bridgehead atoms. The summed E-state index contributed by atoms with van der Waals surface area (Å²) in [6, 6.07) is 24.5. The average Bonchev–Trinajstić information content (AvgIpc) is 3.30. The highest BCUT2D eigenvalue weighted by atomic mass is 16.5. The summed E-state index contributed by atoms with van der Waals surface area (Å²) in [7, 11) is 4.08. The third kappa shape index (κ3) is 6.27. The molecule has 2 N–H and O–H groups in total. The number of anilines is 3. The Morgan fingerprint density at radius 1 is 1.03 bits per heavy atom. The highest BCUT2D eigenvalue weighted by Gasteiger charge is 2.27. The van der Waals surface area contributed by atoms with E-state index in [9.17, 15) is 4.79 Å². The Bertz CT molecular complexity index is 1100. The van der Waals surface area contributed by atoms with Crippen LogP contribution in [0.4, 0.5) is 21.9 Å². The van der Waals surface area contributed by atoms with Crippen LogP contribution in [0, 0.1) is 0 Å². The predicted octanol–water partition coefficient (Wildman–Crippen LogP) is 5.86. The zero-order chi connectivity index (χ0) is 24.6. The van der Waals surface area contributed by atoms with Crippen LogP contribution in [0.25, 0.3) is 0 Å². The molecule has 1 aliphatic rings. The number of nitrogens with zero attached hydrogens (tertiary/aromatic N) is 2. The SMILES string of the molecule is CCCCOc1ccc(NC(=O)NC[C@@H](c2ccc(N(C)C)cc2)N2CCc3ccccc32)cc1. The van der Waals surface area contributed by atoms with Crippen molar-refractivity contribution in [1.82, 2.24) is 5.32 Å². The van der Waals surface area contributed by atoms with E-state index < -0.39 is 0 Å². The smallest absolute Gasteiger partial charge is 0.319 e. The molecule has 0 radical (unpaired) electrons. The Kier molecular flexibility index (Phi) is 8.14. The molecule has 0 spiro atoms. The molecule has 3 aromatic carbocycles. The Balaban J connectivity index is 1.43. The summed E-state index contributed by atoms with van der Waals surface area (Å²) >= 11 is 0. The molecule has 1 aliphatic heterocycles. The molecular weight excluding hydrogens is 436 g/mol. The minimum Gasteiger partial charge on any atom is -0.494 e. The summed E-state index contributed by atoms with van der Waals surface area (Å²) in [6.45, 7) is 4.28. The topological polar surface area (TPSA) is 56.8 Å². The van der Waals surface area contributed by atoms with Gasteiger partial charge in [-0.05, 0) is 66.4 Å². The lowest BCUT2D eigenvalue weighted by Crippen LogP contribution is -2.39. The molecule has 0 unspecified atom stereocenters. The van der Waals surface area contributed by atoms with Crippen LogP contribution in [0.1, 0.15) is 36.9 Å². The van der Waals surface area contributed by atoms with E-state index in [4.69, 9.17) is 4.74 Å². The normalized spacial score (nSPS) is 13.2. The van der Waals surface area contributed by atoms with Crippen LogP contribution in [0.3, 0.4) is 0 Å². The molecule has 0 aliphatic carbocycles. The number of hydrogen-bond acceptors (Lipinski definition) is 4. The van der Waals surface area contributed by atoms with Gasteiger partial charge < -0.3 is 25.2 Å². The van der Waals surface area contributed by atoms with Gasteiger partial charge in [-0.1, -0.05) is 43.7 Å². The summed E-state index contributed by atoms with van der Waals surface area (Å²) < 4.78 is 5.71. The number of fused-ring (bicyclic) bond motifs is 1. The largest absolute Gasteiger partial charge is 0.494 e. The molecule has 0 saturated heterocycles. The first-order valence-electron chi connectivity index (χ1n) is 12.4. The first-order valence-corrected chi connectivity index (χ1v) is 12.4. The molecule has 6 nitrogen and oxygen atoms in total. The van der Waals surface area contributed by atoms with Crippen molar-refractivity contribution >= 4 is 23.1 Å². The monoisotopic (exact) mass is 472 g/mol. The summed E-state index contributed by atoms with van der Waals surface area (Å²) in [5.74, 6) is 0.818. The average molecular weight is 473 g/mol. The minimum atomic E-state index is -0.216. The number of nitrogens with one attached hydrogen (secondary N) is 2. The second-order valence-electron chi connectivity index (χ2n) is 9.14. The number of urea groups is 1. The van der Waals surface area contributed by atoms with Crippen LogP contribution in [-0.4, -0.2) is 39.8 Å². The molecule has 6 heteroatoms. The van der Waals surface area contributed by atoms with Crippen molar-refractivity contribution in [2.75, 3.05) is 48.9 Å². The lowest BCUT2D eigenvalue weighted by molar-refractivity contribution is 0.251. The first-order chi connectivity index (χ1) is 17.0. The van der Waals surface area contributed by atoms with Crippen molar-refractivity contribution < 1.29 is 9.53 Å². The fraction of sp³-hybridized carbons (Fsp3) is 0.345. The lowest BCUT2D eigenvalue weighted by Gasteiger charge is -2.31. The molecule has 2 amide bonds. The predicted molar refractivity (Wildman–Crippen MR) is 145 cm³/mol. The van der Waals surface area contributed by atoms with Gasteiger partial charge in [0.05, 0.1) is 12.6 Å². The molecule has 0 aromatic heterocycles. The van der Waals surface area contributed by atoms with Gasteiger partial charge in [0.25, 0.3) is 0 Å². The van der Waals surface area contributed by atoms with Gasteiger partial charge in [0.1, 0.15) is 5.75 Å². The van der Waals surface area contributed by atoms with Crippen LogP contribution >= 0.6 is 0 Å². The second-order valence-corrected chi connectivity index (χ2v) is 9.14. The maximum Gasteiger partial charge on any atom is 0.319 e. The Hall–Kier alpha value is -3.67. The van der Waals surface area contributed by atoms with Gasteiger partial charge in [-0.15, -0.1) is 0 Å². The summed E-state index contributed by atoms with van der Waals surface area (Å²) in [5.41, 5.74) is 5.68. The van der Waals surface area contributed by atoms with Crippen LogP contribution in [0.15, 0.2) is 72.8 Å². The van der Waals surface area contributed by atoms with Gasteiger partial charge in [-0.2, -0.15) is 0 Å². The number of carbonyl (C=O) groups is 1. The van der Waals surface area contributed by atoms with E-state index in [0.717, 1.165) is 42.9 Å². The van der Waals surface area contributed by atoms with Crippen LogP contribution in [0.5, 0.6) is 5.75 Å². The molecule has 184 valence electrons. The van der Waals surface area contributed by atoms with Crippen LogP contribution in [0.2, 0.25) is 0 Å². The fourth-order valence-electron chi connectivity index (χ4n) is 4.42. The third-order valence-electron chi connectivity index (χ3n) is 6.43. The number of hydrogen-bond donors (Lipinski definition) is 2. The zero-order valence-corrected chi connectivity index (χ0v) is 21.0. The molecule has 4 rings (SSSR count). The number of para-hydroxylation sites is 1. The Morgan fingerprint density at radius 2 is 1.77 bits per heavy atom. The standard InChI is InChI=1S/C29H36N4O2/c1-4-5-20-35-26-16-12-24(13-17-26)31-29(34)30-21-28(23-10-14-25(15-11-23)32(2)3)33-19-18-22-8-6-7-9-27(22)33/h6-17,28H,4-5,18-21H2,1-3H3,(H2,30,31,34)/t28-/m0/s1. The van der Waals surface area contributed by atoms with Gasteiger partial charge >= 0.3 is 6.03 Å². The van der Waals surface area contributed by atoms with Gasteiger partial charge in [0.2, 0.25) is 0 Å². The van der Waals surface area contributed by atoms with E-state index in [2.05, 4.69) is 75.9 Å². The first kappa shape index (κ1) is 24.5. The van der Waals surface area contributed by atoms with Crippen molar-refractivity contribution in [2.45, 2.75) is 32.2 Å². The van der Waals surface area contributed by atoms with E-state index in [-0.39, 0.29) is 12.1 Å². The quantitative estimate of drug-likeness (QED) is 0.363. The van der Waals surface area contributed by atoms with Gasteiger partial charge in [0.15, 0.2) is 0 Å². The Labute approximate surface area is 208 Å². The maximum atomic E-state index is 12.8. The summed E-state index contributed by atoms with van der Waals surface area (Å²) in [5, 5.41) is 6.04. The van der Waals surface area contributed by atoms with E-state index in [1.54, 1.807) is 0 Å². The zero-order valence-electron chi connectivity index (χ0n) is 21.0. The maximum absolute atomic E-state index is 12.8. The molecule has 35 heavy (non-hydrogen) atoms. The van der Waals surface area contributed by atoms with Crippen molar-refractivity contribution in [2.24, 2.45) is 0 Å². The molecular formula is C29H36N4O2. The lowest BCUT2D eigenvalue weighted by atomic mass is 10.0. The minimum absolute atomic E-state index is 0.0370. The summed E-state index contributed by atoms with van der Waals surface area (Å²) in [6.07, 6.45) is 3.15. The Morgan fingerprint density at radius 3 is 2.49 bits per heavy atom. The molecule has 3 aromatic rings. The van der Waals surface area contributed by atoms with Gasteiger partial charge in [-0.3, -0.25) is 0 Å². The van der Waals surface area contributed by atoms with E-state index >= 15 is 0 Å². The van der Waals surface area contributed by atoms with Crippen LogP contribution < -0.4 is 25.2 Å². The highest BCUT2D eigenvalue weighted by Crippen LogP contribution is 2.35. The number of carbonyl (C=O) groups excluding carboxylic acids is 1. The van der Waals surface area contributed by atoms with Crippen molar-refractivity contribution in [3.63, 3.8) is 0 Å². The van der Waals surface area contributed by atoms with Gasteiger partial charge in [-0.25, -0.2) is 4.79 Å². The van der Waals surface area contributed by atoms with E-state index in [1.807, 2.05) is 38.4 Å². The van der Waals surface area contributed by atoms with Crippen molar-refractivity contribution in [3.05, 3.63) is 83.9 Å². The molecule has 1 heterocycles. The van der Waals surface area contributed by atoms with E-state index in [1.165, 1.54) is 16.8 Å². The summed E-state index contributed by atoms with van der Waals surface area (Å²) in [4.78, 5) is 17.3. The third-order valence-corrected chi connectivity index (χ3v) is 6.43. The van der Waals surface area contributed by atoms with Crippen molar-refractivity contribution in [1.29, 1.82) is 0 Å². The molecule has 0 saturated carbocycles. The van der Waals surface area contributed by atoms with E-state index in [0.29, 0.717) is 13.2 Å². The van der Waals surface area contributed by atoms with Gasteiger partial charge in [0, 0.05) is 44.2 Å². The number of ether oxygens (including phenoxy) is 1. The highest BCUT2D eigenvalue weighted by molar-refractivity contribution is 5.89. The molecule has 0 fully saturated rings. The van der Waals surface area contributed by atoms with Crippen LogP contribution in [-0.2, 0) is 6.42 Å².